The molecule has 0 aliphatic carbocycles. The van der Waals surface area contributed by atoms with E-state index in [0.717, 1.165) is 71.3 Å². The van der Waals surface area contributed by atoms with Crippen molar-refractivity contribution >= 4 is 40.0 Å². The van der Waals surface area contributed by atoms with Gasteiger partial charge in [0.25, 0.3) is 5.91 Å². The van der Waals surface area contributed by atoms with E-state index in [1.807, 2.05) is 73.1 Å². The minimum Gasteiger partial charge on any atom is -0.369 e. The molecule has 1 aliphatic heterocycles. The number of fused-ring (bicyclic) bond motifs is 1. The molecule has 39 heavy (non-hydrogen) atoms. The Hall–Kier alpha value is -4.14. The maximum Gasteiger partial charge on any atom is 0.256 e. The summed E-state index contributed by atoms with van der Waals surface area (Å²) in [5.41, 5.74) is 6.41. The van der Waals surface area contributed by atoms with Gasteiger partial charge in [-0.2, -0.15) is 5.10 Å². The van der Waals surface area contributed by atoms with Gasteiger partial charge in [-0.25, -0.2) is 4.98 Å². The molecule has 6 rings (SSSR count). The minimum absolute atomic E-state index is 0.191. The second-order valence-electron chi connectivity index (χ2n) is 9.76. The van der Waals surface area contributed by atoms with E-state index < -0.39 is 0 Å². The fourth-order valence-electron chi connectivity index (χ4n) is 5.03. The first kappa shape index (κ1) is 25.2. The van der Waals surface area contributed by atoms with Crippen LogP contribution in [0.1, 0.15) is 22.8 Å². The molecule has 0 atom stereocenters. The van der Waals surface area contributed by atoms with Gasteiger partial charge in [-0.3, -0.25) is 9.89 Å². The smallest absolute Gasteiger partial charge is 0.256 e. The van der Waals surface area contributed by atoms with Crippen LogP contribution in [0, 0.1) is 0 Å². The number of nitrogens with zero attached hydrogens (tertiary/aromatic N) is 5. The van der Waals surface area contributed by atoms with Crippen LogP contribution < -0.4 is 10.2 Å². The van der Waals surface area contributed by atoms with Gasteiger partial charge < -0.3 is 19.7 Å². The van der Waals surface area contributed by atoms with Crippen molar-refractivity contribution in [2.24, 2.45) is 0 Å². The predicted octanol–water partition coefficient (Wildman–Crippen LogP) is 5.52. The molecule has 0 saturated carbocycles. The van der Waals surface area contributed by atoms with Crippen molar-refractivity contribution in [1.29, 1.82) is 0 Å². The highest BCUT2D eigenvalue weighted by atomic mass is 35.5. The summed E-state index contributed by atoms with van der Waals surface area (Å²) in [6.07, 6.45) is 1.83. The monoisotopic (exact) mass is 539 g/mol. The number of aromatic amines is 1. The largest absolute Gasteiger partial charge is 0.369 e. The Labute approximate surface area is 232 Å². The van der Waals surface area contributed by atoms with Gasteiger partial charge in [0.2, 0.25) is 0 Å². The molecular formula is C30H30ClN7O. The number of H-pyrrole nitrogens is 1. The van der Waals surface area contributed by atoms with Gasteiger partial charge in [-0.05, 0) is 54.6 Å². The first-order valence-electron chi connectivity index (χ1n) is 13.2. The first-order chi connectivity index (χ1) is 19.1. The van der Waals surface area contributed by atoms with Gasteiger partial charge >= 0.3 is 0 Å². The molecule has 5 aromatic rings. The van der Waals surface area contributed by atoms with Crippen LogP contribution >= 0.6 is 11.6 Å². The second kappa shape index (κ2) is 10.9. The fourth-order valence-corrected chi connectivity index (χ4v) is 5.22. The highest BCUT2D eigenvalue weighted by Crippen LogP contribution is 2.26. The molecule has 2 N–H and O–H groups in total. The topological polar surface area (TPSA) is 82.1 Å². The van der Waals surface area contributed by atoms with Crippen molar-refractivity contribution in [2.75, 3.05) is 42.9 Å². The van der Waals surface area contributed by atoms with E-state index in [2.05, 4.69) is 47.9 Å². The lowest BCUT2D eigenvalue weighted by Gasteiger charge is -2.35. The van der Waals surface area contributed by atoms with E-state index in [1.165, 1.54) is 0 Å². The Morgan fingerprint density at radius 3 is 2.56 bits per heavy atom. The number of benzene rings is 3. The molecule has 0 spiro atoms. The third-order valence-corrected chi connectivity index (χ3v) is 7.73. The van der Waals surface area contributed by atoms with Crippen molar-refractivity contribution in [1.82, 2.24) is 24.6 Å². The summed E-state index contributed by atoms with van der Waals surface area (Å²) in [6, 6.07) is 23.5. The Morgan fingerprint density at radius 2 is 1.79 bits per heavy atom. The van der Waals surface area contributed by atoms with Crippen molar-refractivity contribution in [3.05, 3.63) is 95.3 Å². The second-order valence-corrected chi connectivity index (χ2v) is 10.2. The molecule has 3 heterocycles. The molecule has 8 nitrogen and oxygen atoms in total. The number of imidazole rings is 1. The average Bonchev–Trinajstić information content (AvgIpc) is 3.61. The Morgan fingerprint density at radius 1 is 1.00 bits per heavy atom. The Balaban J connectivity index is 1.14. The molecule has 2 aromatic heterocycles. The van der Waals surface area contributed by atoms with E-state index in [1.54, 1.807) is 0 Å². The van der Waals surface area contributed by atoms with Crippen LogP contribution in [-0.4, -0.2) is 63.3 Å². The lowest BCUT2D eigenvalue weighted by molar-refractivity contribution is 0.102. The summed E-state index contributed by atoms with van der Waals surface area (Å²) in [5, 5.41) is 11.0. The summed E-state index contributed by atoms with van der Waals surface area (Å²) >= 11 is 6.38. The maximum absolute atomic E-state index is 12.9. The molecular weight excluding hydrogens is 510 g/mol. The van der Waals surface area contributed by atoms with E-state index in [-0.39, 0.29) is 5.91 Å². The zero-order valence-electron chi connectivity index (χ0n) is 21.8. The van der Waals surface area contributed by atoms with Crippen molar-refractivity contribution in [3.63, 3.8) is 0 Å². The SMILES string of the molecule is CCN1CCN(c2ccc(C(=O)Nc3cc(-c4ccc5ncn(Cc6ccccc6Cl)c5c4)[nH]n3)cc2)CC1. The van der Waals surface area contributed by atoms with Gasteiger partial charge in [0.15, 0.2) is 5.82 Å². The number of likely N-dealkylation sites (N-methyl/N-ethyl adjacent to an activating group) is 1. The fraction of sp³-hybridized carbons (Fsp3) is 0.233. The number of amides is 1. The molecule has 1 saturated heterocycles. The van der Waals surface area contributed by atoms with Crippen LogP contribution in [0.25, 0.3) is 22.3 Å². The number of carbonyl (C=O) groups excluding carboxylic acids is 1. The number of piperazine rings is 1. The quantitative estimate of drug-likeness (QED) is 0.284. The average molecular weight is 540 g/mol. The van der Waals surface area contributed by atoms with E-state index in [0.29, 0.717) is 17.9 Å². The summed E-state index contributed by atoms with van der Waals surface area (Å²) in [4.78, 5) is 22.3. The number of hydrogen-bond donors (Lipinski definition) is 2. The summed E-state index contributed by atoms with van der Waals surface area (Å²) in [7, 11) is 0. The third-order valence-electron chi connectivity index (χ3n) is 7.36. The lowest BCUT2D eigenvalue weighted by Crippen LogP contribution is -2.46. The number of rotatable bonds is 7. The van der Waals surface area contributed by atoms with Crippen LogP contribution in [0.2, 0.25) is 5.02 Å². The normalized spacial score (nSPS) is 14.2. The summed E-state index contributed by atoms with van der Waals surface area (Å²) in [5.74, 6) is 0.281. The van der Waals surface area contributed by atoms with Gasteiger partial charge in [0.1, 0.15) is 0 Å². The van der Waals surface area contributed by atoms with E-state index in [4.69, 9.17) is 11.6 Å². The predicted molar refractivity (Wildman–Crippen MR) is 157 cm³/mol. The highest BCUT2D eigenvalue weighted by molar-refractivity contribution is 6.31. The standard InChI is InChI=1S/C30H30ClN7O/c1-2-36-13-15-37(16-14-36)24-10-7-21(8-11-24)30(39)33-29-18-27(34-35-29)22-9-12-26-28(17-22)38(20-32-26)19-23-5-3-4-6-25(23)31/h3-12,17-18,20H,2,13-16,19H2,1H3,(H2,33,34,35,39). The minimum atomic E-state index is -0.191. The summed E-state index contributed by atoms with van der Waals surface area (Å²) in [6.45, 7) is 8.05. The zero-order valence-corrected chi connectivity index (χ0v) is 22.5. The molecule has 198 valence electrons. The third kappa shape index (κ3) is 5.39. The first-order valence-corrected chi connectivity index (χ1v) is 13.6. The molecule has 9 heteroatoms. The lowest BCUT2D eigenvalue weighted by atomic mass is 10.1. The van der Waals surface area contributed by atoms with Gasteiger partial charge in [-0.1, -0.05) is 42.8 Å². The number of aromatic nitrogens is 4. The molecule has 3 aromatic carbocycles. The van der Waals surface area contributed by atoms with Crippen LogP contribution in [0.15, 0.2) is 79.1 Å². The van der Waals surface area contributed by atoms with E-state index in [9.17, 15) is 4.79 Å². The molecule has 0 radical (unpaired) electrons. The van der Waals surface area contributed by atoms with Crippen LogP contribution in [0.5, 0.6) is 0 Å². The van der Waals surface area contributed by atoms with Crippen LogP contribution in [0.3, 0.4) is 0 Å². The molecule has 1 aliphatic rings. The van der Waals surface area contributed by atoms with E-state index >= 15 is 0 Å². The molecule has 1 fully saturated rings. The highest BCUT2D eigenvalue weighted by Gasteiger charge is 2.17. The molecule has 0 unspecified atom stereocenters. The number of halogens is 1. The number of anilines is 2. The Bertz CT molecular complexity index is 1600. The number of hydrogen-bond acceptors (Lipinski definition) is 5. The molecule has 0 bridgehead atoms. The van der Waals surface area contributed by atoms with Crippen molar-refractivity contribution < 1.29 is 4.79 Å². The van der Waals surface area contributed by atoms with Crippen molar-refractivity contribution in [3.8, 4) is 11.3 Å². The number of carbonyl (C=O) groups is 1. The Kier molecular flexibility index (Phi) is 7.04. The van der Waals surface area contributed by atoms with Gasteiger partial charge in [0.05, 0.1) is 29.6 Å². The maximum atomic E-state index is 12.9. The summed E-state index contributed by atoms with van der Waals surface area (Å²) < 4.78 is 2.08. The van der Waals surface area contributed by atoms with Crippen LogP contribution in [-0.2, 0) is 6.54 Å². The van der Waals surface area contributed by atoms with Crippen LogP contribution in [0.4, 0.5) is 11.5 Å². The zero-order chi connectivity index (χ0) is 26.8. The number of nitrogens with one attached hydrogen (secondary N) is 2. The molecule has 1 amide bonds. The van der Waals surface area contributed by atoms with Gasteiger partial charge in [0, 0.05) is 54.1 Å². The van der Waals surface area contributed by atoms with Crippen molar-refractivity contribution in [2.45, 2.75) is 13.5 Å². The van der Waals surface area contributed by atoms with Gasteiger partial charge in [-0.15, -0.1) is 0 Å².